The summed E-state index contributed by atoms with van der Waals surface area (Å²) in [6.07, 6.45) is 18.0. The van der Waals surface area contributed by atoms with Crippen molar-refractivity contribution in [2.24, 2.45) is 0 Å². The number of aliphatic hydroxyl groups is 2. The van der Waals surface area contributed by atoms with Crippen LogP contribution in [0.25, 0.3) is 0 Å². The molecular weight excluding hydrogens is 330 g/mol. The minimum absolute atomic E-state index is 0.123. The van der Waals surface area contributed by atoms with E-state index in [1.807, 2.05) is 0 Å². The van der Waals surface area contributed by atoms with E-state index in [0.29, 0.717) is 6.61 Å². The van der Waals surface area contributed by atoms with Crippen LogP contribution in [0.15, 0.2) is 0 Å². The zero-order valence-corrected chi connectivity index (χ0v) is 17.0. The Labute approximate surface area is 160 Å². The summed E-state index contributed by atoms with van der Waals surface area (Å²) in [5, 5.41) is 20.6. The first-order valence-corrected chi connectivity index (χ1v) is 10.8. The standard InChI is InChI=1S/C21H43NO4/c1-2-3-4-5-6-7-8-9-10-11-12-13-14-15-16-26-19-20(24)17-22-21(25)18-23/h20,23-24H,2-19H2,1H3,(H,22,25). The van der Waals surface area contributed by atoms with Crippen LogP contribution in [0.1, 0.15) is 96.8 Å². The lowest BCUT2D eigenvalue weighted by atomic mass is 10.0. The van der Waals surface area contributed by atoms with E-state index in [1.165, 1.54) is 83.5 Å². The van der Waals surface area contributed by atoms with Crippen molar-refractivity contribution >= 4 is 5.91 Å². The molecule has 3 N–H and O–H groups in total. The summed E-state index contributed by atoms with van der Waals surface area (Å²) in [5.41, 5.74) is 0. The lowest BCUT2D eigenvalue weighted by Crippen LogP contribution is -2.36. The second-order valence-electron chi connectivity index (χ2n) is 7.29. The van der Waals surface area contributed by atoms with Crippen LogP contribution in [-0.4, -0.2) is 48.6 Å². The molecule has 0 radical (unpaired) electrons. The first-order chi connectivity index (χ1) is 12.7. The van der Waals surface area contributed by atoms with Gasteiger partial charge in [0.25, 0.3) is 0 Å². The molecular formula is C21H43NO4. The van der Waals surface area contributed by atoms with Crippen LogP contribution < -0.4 is 5.32 Å². The van der Waals surface area contributed by atoms with E-state index in [1.54, 1.807) is 0 Å². The summed E-state index contributed by atoms with van der Waals surface area (Å²) in [6.45, 7) is 2.72. The molecule has 0 heterocycles. The monoisotopic (exact) mass is 373 g/mol. The van der Waals surface area contributed by atoms with Gasteiger partial charge in [0.2, 0.25) is 5.91 Å². The third kappa shape index (κ3) is 19.7. The maximum absolute atomic E-state index is 10.8. The van der Waals surface area contributed by atoms with Gasteiger partial charge >= 0.3 is 0 Å². The van der Waals surface area contributed by atoms with Gasteiger partial charge in [-0.25, -0.2) is 0 Å². The van der Waals surface area contributed by atoms with Gasteiger partial charge < -0.3 is 20.3 Å². The molecule has 0 spiro atoms. The molecule has 0 fully saturated rings. The average molecular weight is 374 g/mol. The van der Waals surface area contributed by atoms with Crippen molar-refractivity contribution in [1.29, 1.82) is 0 Å². The summed E-state index contributed by atoms with van der Waals surface area (Å²) in [6, 6.07) is 0. The number of nitrogens with one attached hydrogen (secondary N) is 1. The number of hydrogen-bond acceptors (Lipinski definition) is 4. The van der Waals surface area contributed by atoms with Crippen molar-refractivity contribution in [3.8, 4) is 0 Å². The van der Waals surface area contributed by atoms with Crippen molar-refractivity contribution in [2.45, 2.75) is 103 Å². The van der Waals surface area contributed by atoms with Gasteiger partial charge in [-0.05, 0) is 6.42 Å². The molecule has 0 aromatic rings. The smallest absolute Gasteiger partial charge is 0.245 e. The third-order valence-corrected chi connectivity index (χ3v) is 4.63. The van der Waals surface area contributed by atoms with Crippen molar-refractivity contribution in [3.05, 3.63) is 0 Å². The third-order valence-electron chi connectivity index (χ3n) is 4.63. The molecule has 0 saturated carbocycles. The highest BCUT2D eigenvalue weighted by Gasteiger charge is 2.06. The number of aliphatic hydroxyl groups excluding tert-OH is 2. The molecule has 0 saturated heterocycles. The Kier molecular flexibility index (Phi) is 20.1. The van der Waals surface area contributed by atoms with E-state index in [4.69, 9.17) is 9.84 Å². The van der Waals surface area contributed by atoms with E-state index in [2.05, 4.69) is 12.2 Å². The fraction of sp³-hybridized carbons (Fsp3) is 0.952. The molecule has 5 nitrogen and oxygen atoms in total. The summed E-state index contributed by atoms with van der Waals surface area (Å²) >= 11 is 0. The summed E-state index contributed by atoms with van der Waals surface area (Å²) < 4.78 is 5.40. The van der Waals surface area contributed by atoms with Crippen molar-refractivity contribution < 1.29 is 19.7 Å². The van der Waals surface area contributed by atoms with Gasteiger partial charge in [-0.15, -0.1) is 0 Å². The van der Waals surface area contributed by atoms with Crippen molar-refractivity contribution in [1.82, 2.24) is 5.32 Å². The maximum atomic E-state index is 10.8. The van der Waals surface area contributed by atoms with Crippen molar-refractivity contribution in [2.75, 3.05) is 26.4 Å². The predicted molar refractivity (Wildman–Crippen MR) is 107 cm³/mol. The Hall–Kier alpha value is -0.650. The lowest BCUT2D eigenvalue weighted by Gasteiger charge is -2.11. The summed E-state index contributed by atoms with van der Waals surface area (Å²) in [5.74, 6) is -0.476. The highest BCUT2D eigenvalue weighted by atomic mass is 16.5. The molecule has 5 heteroatoms. The molecule has 0 aliphatic carbocycles. The number of ether oxygens (including phenoxy) is 1. The van der Waals surface area contributed by atoms with Crippen LogP contribution in [0.4, 0.5) is 0 Å². The first-order valence-electron chi connectivity index (χ1n) is 10.8. The predicted octanol–water partition coefficient (Wildman–Crippen LogP) is 3.95. The highest BCUT2D eigenvalue weighted by Crippen LogP contribution is 2.12. The Balaban J connectivity index is 3.12. The molecule has 26 heavy (non-hydrogen) atoms. The zero-order chi connectivity index (χ0) is 19.3. The Morgan fingerprint density at radius 1 is 0.846 bits per heavy atom. The van der Waals surface area contributed by atoms with Gasteiger partial charge in [-0.1, -0.05) is 90.4 Å². The van der Waals surface area contributed by atoms with E-state index in [9.17, 15) is 9.90 Å². The molecule has 0 bridgehead atoms. The van der Waals surface area contributed by atoms with E-state index in [0.717, 1.165) is 6.42 Å². The van der Waals surface area contributed by atoms with Gasteiger partial charge in [0, 0.05) is 13.2 Å². The molecule has 0 rings (SSSR count). The Morgan fingerprint density at radius 2 is 1.31 bits per heavy atom. The van der Waals surface area contributed by atoms with Gasteiger partial charge in [-0.2, -0.15) is 0 Å². The number of amides is 1. The number of carbonyl (C=O) groups excluding carboxylic acids is 1. The lowest BCUT2D eigenvalue weighted by molar-refractivity contribution is -0.124. The van der Waals surface area contributed by atoms with Gasteiger partial charge in [0.05, 0.1) is 12.7 Å². The highest BCUT2D eigenvalue weighted by molar-refractivity contribution is 5.76. The van der Waals surface area contributed by atoms with Crippen LogP contribution in [0.2, 0.25) is 0 Å². The van der Waals surface area contributed by atoms with Crippen LogP contribution in [-0.2, 0) is 9.53 Å². The Morgan fingerprint density at radius 3 is 1.77 bits per heavy atom. The summed E-state index contributed by atoms with van der Waals surface area (Å²) in [4.78, 5) is 10.8. The van der Waals surface area contributed by atoms with Crippen LogP contribution in [0.3, 0.4) is 0 Å². The first kappa shape index (κ1) is 25.4. The molecule has 1 atom stereocenters. The van der Waals surface area contributed by atoms with E-state index < -0.39 is 18.6 Å². The van der Waals surface area contributed by atoms with E-state index in [-0.39, 0.29) is 13.2 Å². The Bertz CT molecular complexity index is 300. The molecule has 0 aromatic heterocycles. The molecule has 0 aliphatic heterocycles. The topological polar surface area (TPSA) is 78.8 Å². The zero-order valence-electron chi connectivity index (χ0n) is 17.0. The largest absolute Gasteiger partial charge is 0.389 e. The minimum Gasteiger partial charge on any atom is -0.389 e. The SMILES string of the molecule is CCCCCCCCCCCCCCCCOCC(O)CNC(=O)CO. The fourth-order valence-corrected chi connectivity index (χ4v) is 2.96. The second kappa shape index (κ2) is 20.7. The second-order valence-corrected chi connectivity index (χ2v) is 7.29. The summed E-state index contributed by atoms with van der Waals surface area (Å²) in [7, 11) is 0. The maximum Gasteiger partial charge on any atom is 0.245 e. The number of unbranched alkanes of at least 4 members (excludes halogenated alkanes) is 13. The van der Waals surface area contributed by atoms with Crippen LogP contribution in [0.5, 0.6) is 0 Å². The molecule has 156 valence electrons. The molecule has 0 aromatic carbocycles. The van der Waals surface area contributed by atoms with Crippen LogP contribution >= 0.6 is 0 Å². The molecule has 1 amide bonds. The number of rotatable bonds is 20. The number of hydrogen-bond donors (Lipinski definition) is 3. The van der Waals surface area contributed by atoms with Gasteiger partial charge in [0.15, 0.2) is 0 Å². The average Bonchev–Trinajstić information content (AvgIpc) is 2.65. The van der Waals surface area contributed by atoms with E-state index >= 15 is 0 Å². The van der Waals surface area contributed by atoms with Crippen LogP contribution in [0, 0.1) is 0 Å². The number of carbonyl (C=O) groups is 1. The minimum atomic E-state index is -0.711. The van der Waals surface area contributed by atoms with Crippen molar-refractivity contribution in [3.63, 3.8) is 0 Å². The normalized spacial score (nSPS) is 12.3. The van der Waals surface area contributed by atoms with Gasteiger partial charge in [-0.3, -0.25) is 4.79 Å². The van der Waals surface area contributed by atoms with Gasteiger partial charge in [0.1, 0.15) is 6.61 Å². The fourth-order valence-electron chi connectivity index (χ4n) is 2.96. The molecule has 1 unspecified atom stereocenters. The molecule has 0 aliphatic rings. The quantitative estimate of drug-likeness (QED) is 0.282.